The molecule has 0 bridgehead atoms. The summed E-state index contributed by atoms with van der Waals surface area (Å²) in [6.07, 6.45) is 4.01. The molecule has 1 unspecified atom stereocenters. The molecule has 0 aromatic heterocycles. The summed E-state index contributed by atoms with van der Waals surface area (Å²) >= 11 is 0. The van der Waals surface area contributed by atoms with Crippen molar-refractivity contribution in [1.82, 2.24) is 0 Å². The number of nitrogens with two attached hydrogens (primary N) is 1. The normalized spacial score (nSPS) is 12.8. The molecular weight excluding hydrogens is 208 g/mol. The molecule has 0 fully saturated rings. The Morgan fingerprint density at radius 2 is 1.81 bits per heavy atom. The van der Waals surface area contributed by atoms with Crippen molar-refractivity contribution in [3.8, 4) is 0 Å². The lowest BCUT2D eigenvalue weighted by Crippen LogP contribution is -2.19. The van der Waals surface area contributed by atoms with E-state index in [2.05, 4.69) is 6.92 Å². The average Bonchev–Trinajstić information content (AvgIpc) is 2.23. The van der Waals surface area contributed by atoms with Crippen LogP contribution in [0, 0.1) is 11.6 Å². The van der Waals surface area contributed by atoms with E-state index in [9.17, 15) is 8.78 Å². The van der Waals surface area contributed by atoms with E-state index in [1.54, 1.807) is 0 Å². The Labute approximate surface area is 95.7 Å². The molecule has 0 saturated heterocycles. The SMILES string of the molecule is CCCC(N)CCCc1c(F)cccc1F. The van der Waals surface area contributed by atoms with Gasteiger partial charge < -0.3 is 5.73 Å². The molecule has 2 N–H and O–H groups in total. The van der Waals surface area contributed by atoms with Crippen LogP contribution in [0.4, 0.5) is 8.78 Å². The lowest BCUT2D eigenvalue weighted by Gasteiger charge is -2.10. The second kappa shape index (κ2) is 6.59. The van der Waals surface area contributed by atoms with Gasteiger partial charge in [-0.05, 0) is 37.8 Å². The Kier molecular flexibility index (Phi) is 5.39. The Balaban J connectivity index is 2.43. The number of hydrogen-bond donors (Lipinski definition) is 1. The van der Waals surface area contributed by atoms with E-state index in [1.165, 1.54) is 18.2 Å². The Morgan fingerprint density at radius 3 is 2.38 bits per heavy atom. The second-order valence-corrected chi connectivity index (χ2v) is 4.14. The van der Waals surface area contributed by atoms with E-state index in [-0.39, 0.29) is 11.6 Å². The summed E-state index contributed by atoms with van der Waals surface area (Å²) in [6.45, 7) is 2.08. The van der Waals surface area contributed by atoms with E-state index in [0.29, 0.717) is 6.42 Å². The minimum Gasteiger partial charge on any atom is -0.328 e. The zero-order valence-electron chi connectivity index (χ0n) is 9.68. The van der Waals surface area contributed by atoms with Crippen molar-refractivity contribution in [3.05, 3.63) is 35.4 Å². The van der Waals surface area contributed by atoms with Crippen molar-refractivity contribution >= 4 is 0 Å². The molecule has 0 heterocycles. The first-order valence-electron chi connectivity index (χ1n) is 5.83. The van der Waals surface area contributed by atoms with Gasteiger partial charge in [-0.2, -0.15) is 0 Å². The zero-order valence-corrected chi connectivity index (χ0v) is 9.68. The van der Waals surface area contributed by atoms with Crippen LogP contribution in [0.5, 0.6) is 0 Å². The molecule has 1 nitrogen and oxygen atoms in total. The molecular formula is C13H19F2N. The summed E-state index contributed by atoms with van der Waals surface area (Å²) in [4.78, 5) is 0. The van der Waals surface area contributed by atoms with Gasteiger partial charge in [-0.25, -0.2) is 8.78 Å². The van der Waals surface area contributed by atoms with E-state index in [1.807, 2.05) is 0 Å². The zero-order chi connectivity index (χ0) is 12.0. The van der Waals surface area contributed by atoms with Crippen LogP contribution in [0.3, 0.4) is 0 Å². The van der Waals surface area contributed by atoms with Crippen LogP contribution in [0.25, 0.3) is 0 Å². The van der Waals surface area contributed by atoms with Crippen molar-refractivity contribution < 1.29 is 8.78 Å². The highest BCUT2D eigenvalue weighted by Crippen LogP contribution is 2.15. The maximum atomic E-state index is 13.3. The predicted octanol–water partition coefficient (Wildman–Crippen LogP) is 3.41. The number of benzene rings is 1. The number of hydrogen-bond acceptors (Lipinski definition) is 1. The predicted molar refractivity (Wildman–Crippen MR) is 62.2 cm³/mol. The maximum absolute atomic E-state index is 13.3. The molecule has 0 saturated carbocycles. The number of halogens is 2. The van der Waals surface area contributed by atoms with Crippen LogP contribution >= 0.6 is 0 Å². The summed E-state index contributed by atoms with van der Waals surface area (Å²) < 4.78 is 26.5. The van der Waals surface area contributed by atoms with Gasteiger partial charge in [-0.1, -0.05) is 19.4 Å². The fraction of sp³-hybridized carbons (Fsp3) is 0.538. The lowest BCUT2D eigenvalue weighted by atomic mass is 10.0. The van der Waals surface area contributed by atoms with Gasteiger partial charge >= 0.3 is 0 Å². The van der Waals surface area contributed by atoms with Gasteiger partial charge in [0.1, 0.15) is 11.6 Å². The van der Waals surface area contributed by atoms with Gasteiger partial charge in [0.2, 0.25) is 0 Å². The van der Waals surface area contributed by atoms with Gasteiger partial charge in [0.05, 0.1) is 0 Å². The molecule has 0 aliphatic carbocycles. The van der Waals surface area contributed by atoms with Gasteiger partial charge in [0.15, 0.2) is 0 Å². The van der Waals surface area contributed by atoms with Crippen LogP contribution in [-0.4, -0.2) is 6.04 Å². The third kappa shape index (κ3) is 3.89. The van der Waals surface area contributed by atoms with Crippen LogP contribution in [0.1, 0.15) is 38.2 Å². The van der Waals surface area contributed by atoms with Crippen molar-refractivity contribution in [3.63, 3.8) is 0 Å². The van der Waals surface area contributed by atoms with E-state index >= 15 is 0 Å². The molecule has 3 heteroatoms. The molecule has 0 radical (unpaired) electrons. The van der Waals surface area contributed by atoms with E-state index in [0.717, 1.165) is 25.7 Å². The van der Waals surface area contributed by atoms with Crippen molar-refractivity contribution in [1.29, 1.82) is 0 Å². The van der Waals surface area contributed by atoms with Crippen molar-refractivity contribution in [2.45, 2.75) is 45.1 Å². The minimum absolute atomic E-state index is 0.153. The second-order valence-electron chi connectivity index (χ2n) is 4.14. The van der Waals surface area contributed by atoms with Gasteiger partial charge in [0.25, 0.3) is 0 Å². The smallest absolute Gasteiger partial charge is 0.129 e. The maximum Gasteiger partial charge on any atom is 0.129 e. The monoisotopic (exact) mass is 227 g/mol. The topological polar surface area (TPSA) is 26.0 Å². The Hall–Kier alpha value is -0.960. The summed E-state index contributed by atoms with van der Waals surface area (Å²) in [7, 11) is 0. The Morgan fingerprint density at radius 1 is 1.19 bits per heavy atom. The van der Waals surface area contributed by atoms with Crippen LogP contribution < -0.4 is 5.73 Å². The highest BCUT2D eigenvalue weighted by atomic mass is 19.1. The van der Waals surface area contributed by atoms with E-state index < -0.39 is 11.6 Å². The fourth-order valence-corrected chi connectivity index (χ4v) is 1.83. The molecule has 1 aromatic rings. The third-order valence-corrected chi connectivity index (χ3v) is 2.72. The Bertz CT molecular complexity index is 305. The number of rotatable bonds is 6. The fourth-order valence-electron chi connectivity index (χ4n) is 1.83. The first kappa shape index (κ1) is 13.1. The van der Waals surface area contributed by atoms with Crippen LogP contribution in [0.15, 0.2) is 18.2 Å². The molecule has 1 rings (SSSR count). The van der Waals surface area contributed by atoms with Crippen molar-refractivity contribution in [2.24, 2.45) is 5.73 Å². The van der Waals surface area contributed by atoms with Gasteiger partial charge in [-0.15, -0.1) is 0 Å². The molecule has 90 valence electrons. The average molecular weight is 227 g/mol. The summed E-state index contributed by atoms with van der Waals surface area (Å²) in [6, 6.07) is 4.13. The highest BCUT2D eigenvalue weighted by Gasteiger charge is 2.08. The molecule has 1 atom stereocenters. The highest BCUT2D eigenvalue weighted by molar-refractivity contribution is 5.19. The summed E-state index contributed by atoms with van der Waals surface area (Å²) in [5, 5.41) is 0. The summed E-state index contributed by atoms with van der Waals surface area (Å²) in [5.74, 6) is -0.909. The van der Waals surface area contributed by atoms with Crippen LogP contribution in [0.2, 0.25) is 0 Å². The van der Waals surface area contributed by atoms with Crippen molar-refractivity contribution in [2.75, 3.05) is 0 Å². The third-order valence-electron chi connectivity index (χ3n) is 2.72. The van der Waals surface area contributed by atoms with Crippen LogP contribution in [-0.2, 0) is 6.42 Å². The lowest BCUT2D eigenvalue weighted by molar-refractivity contribution is 0.514. The quantitative estimate of drug-likeness (QED) is 0.791. The molecule has 0 aliphatic heterocycles. The van der Waals surface area contributed by atoms with Gasteiger partial charge in [-0.3, -0.25) is 0 Å². The largest absolute Gasteiger partial charge is 0.328 e. The van der Waals surface area contributed by atoms with Gasteiger partial charge in [0, 0.05) is 11.6 Å². The first-order chi connectivity index (χ1) is 7.65. The molecule has 16 heavy (non-hydrogen) atoms. The molecule has 1 aromatic carbocycles. The summed E-state index contributed by atoms with van der Waals surface area (Å²) in [5.41, 5.74) is 6.02. The molecule has 0 aliphatic rings. The standard InChI is InChI=1S/C13H19F2N/c1-2-5-10(16)6-3-7-11-12(14)8-4-9-13(11)15/h4,8-10H,2-3,5-7,16H2,1H3. The molecule has 0 amide bonds. The van der Waals surface area contributed by atoms with E-state index in [4.69, 9.17) is 5.73 Å². The first-order valence-corrected chi connectivity index (χ1v) is 5.83. The molecule has 0 spiro atoms. The minimum atomic E-state index is -0.455.